The number of rotatable bonds is 3. The fourth-order valence-corrected chi connectivity index (χ4v) is 0.823. The minimum absolute atomic E-state index is 0.0699. The largest absolute Gasteiger partial charge is 0.370 e. The van der Waals surface area contributed by atoms with Gasteiger partial charge in [0.1, 0.15) is 0 Å². The molecule has 0 aliphatic rings. The van der Waals surface area contributed by atoms with Crippen molar-refractivity contribution in [3.05, 3.63) is 0 Å². The smallest absolute Gasteiger partial charge is 0.296 e. The molecule has 66 valence electrons. The molecule has 0 aliphatic heterocycles. The molecular weight excluding hydrogens is 156 g/mol. The third-order valence-electron chi connectivity index (χ3n) is 1.20. The van der Waals surface area contributed by atoms with E-state index in [9.17, 15) is 9.59 Å². The summed E-state index contributed by atoms with van der Waals surface area (Å²) in [5.74, 6) is 0.877. The van der Waals surface area contributed by atoms with Crippen LogP contribution in [0.3, 0.4) is 0 Å². The Hall–Kier alpha value is -1.50. The topological polar surface area (TPSA) is 72.2 Å². The van der Waals surface area contributed by atoms with Gasteiger partial charge < -0.3 is 11.1 Å². The summed E-state index contributed by atoms with van der Waals surface area (Å²) in [5.41, 5.74) is 4.28. The Morgan fingerprint density at radius 3 is 2.42 bits per heavy atom. The molecule has 0 heterocycles. The van der Waals surface area contributed by atoms with Crippen LogP contribution in [0, 0.1) is 12.3 Å². The van der Waals surface area contributed by atoms with Crippen molar-refractivity contribution in [2.75, 3.05) is 0 Å². The van der Waals surface area contributed by atoms with Crippen LogP contribution in [-0.2, 0) is 9.59 Å². The third kappa shape index (κ3) is 4.34. The maximum absolute atomic E-state index is 10.7. The number of nitrogens with two attached hydrogens (primary N) is 1. The van der Waals surface area contributed by atoms with E-state index < -0.39 is 17.4 Å². The standard InChI is InChI=1S/C8H12N2O2/c1-4-7(12)10-8(2,3)5-6(9)11/h1H,5H2,2-3H3,(H2,9,11)(H,10,12). The summed E-state index contributed by atoms with van der Waals surface area (Å²) in [6.07, 6.45) is 4.90. The van der Waals surface area contributed by atoms with Crippen LogP contribution in [0.2, 0.25) is 0 Å². The molecule has 0 radical (unpaired) electrons. The van der Waals surface area contributed by atoms with E-state index in [1.165, 1.54) is 0 Å². The lowest BCUT2D eigenvalue weighted by molar-refractivity contribution is -0.120. The van der Waals surface area contributed by atoms with Crippen molar-refractivity contribution in [3.8, 4) is 12.3 Å². The number of carbonyl (C=O) groups excluding carboxylic acids is 2. The monoisotopic (exact) mass is 168 g/mol. The van der Waals surface area contributed by atoms with E-state index in [1.807, 2.05) is 5.92 Å². The molecular formula is C8H12N2O2. The summed E-state index contributed by atoms with van der Waals surface area (Å²) in [7, 11) is 0. The second-order valence-electron chi connectivity index (χ2n) is 3.13. The summed E-state index contributed by atoms with van der Waals surface area (Å²) in [5, 5.41) is 2.46. The molecule has 0 bridgehead atoms. The molecule has 12 heavy (non-hydrogen) atoms. The predicted molar refractivity (Wildman–Crippen MR) is 44.9 cm³/mol. The highest BCUT2D eigenvalue weighted by atomic mass is 16.2. The summed E-state index contributed by atoms with van der Waals surface area (Å²) < 4.78 is 0. The van der Waals surface area contributed by atoms with Crippen molar-refractivity contribution in [2.45, 2.75) is 25.8 Å². The van der Waals surface area contributed by atoms with Gasteiger partial charge in [-0.3, -0.25) is 9.59 Å². The molecule has 0 saturated carbocycles. The second-order valence-corrected chi connectivity index (χ2v) is 3.13. The van der Waals surface area contributed by atoms with Crippen molar-refractivity contribution in [1.29, 1.82) is 0 Å². The van der Waals surface area contributed by atoms with Gasteiger partial charge in [-0.05, 0) is 19.8 Å². The van der Waals surface area contributed by atoms with Gasteiger partial charge >= 0.3 is 0 Å². The number of primary amides is 1. The Labute approximate surface area is 71.5 Å². The summed E-state index contributed by atoms with van der Waals surface area (Å²) >= 11 is 0. The van der Waals surface area contributed by atoms with Gasteiger partial charge in [0.2, 0.25) is 5.91 Å². The average molecular weight is 168 g/mol. The molecule has 3 N–H and O–H groups in total. The summed E-state index contributed by atoms with van der Waals surface area (Å²) in [4.78, 5) is 21.2. The lowest BCUT2D eigenvalue weighted by Gasteiger charge is -2.22. The Morgan fingerprint density at radius 1 is 1.58 bits per heavy atom. The molecule has 0 spiro atoms. The van der Waals surface area contributed by atoms with Gasteiger partial charge in [0, 0.05) is 12.0 Å². The Balaban J connectivity index is 4.14. The van der Waals surface area contributed by atoms with E-state index in [0.29, 0.717) is 0 Å². The second kappa shape index (κ2) is 3.77. The van der Waals surface area contributed by atoms with Crippen LogP contribution < -0.4 is 11.1 Å². The predicted octanol–water partition coefficient (Wildman–Crippen LogP) is -0.610. The zero-order valence-electron chi connectivity index (χ0n) is 7.18. The van der Waals surface area contributed by atoms with E-state index in [0.717, 1.165) is 0 Å². The molecule has 0 aliphatic carbocycles. The van der Waals surface area contributed by atoms with E-state index in [1.54, 1.807) is 13.8 Å². The first-order chi connectivity index (χ1) is 5.37. The molecule has 0 aromatic rings. The van der Waals surface area contributed by atoms with Gasteiger partial charge in [-0.15, -0.1) is 6.42 Å². The maximum Gasteiger partial charge on any atom is 0.296 e. The maximum atomic E-state index is 10.7. The van der Waals surface area contributed by atoms with E-state index in [4.69, 9.17) is 12.2 Å². The quantitative estimate of drug-likeness (QED) is 0.552. The van der Waals surface area contributed by atoms with Crippen LogP contribution in [0.4, 0.5) is 0 Å². The molecule has 0 fully saturated rings. The summed E-state index contributed by atoms with van der Waals surface area (Å²) in [6, 6.07) is 0. The third-order valence-corrected chi connectivity index (χ3v) is 1.20. The first kappa shape index (κ1) is 10.5. The highest BCUT2D eigenvalue weighted by Gasteiger charge is 2.21. The molecule has 0 rings (SSSR count). The minimum atomic E-state index is -0.671. The minimum Gasteiger partial charge on any atom is -0.370 e. The van der Waals surface area contributed by atoms with Crippen LogP contribution in [0.25, 0.3) is 0 Å². The van der Waals surface area contributed by atoms with Gasteiger partial charge in [-0.25, -0.2) is 0 Å². The molecule has 0 aromatic carbocycles. The fraction of sp³-hybridized carbons (Fsp3) is 0.500. The van der Waals surface area contributed by atoms with Crippen LogP contribution in [0.15, 0.2) is 0 Å². The number of carbonyl (C=O) groups is 2. The Bertz CT molecular complexity index is 238. The SMILES string of the molecule is C#CC(=O)NC(C)(C)CC(N)=O. The number of terminal acetylenes is 1. The highest BCUT2D eigenvalue weighted by Crippen LogP contribution is 2.06. The van der Waals surface area contributed by atoms with E-state index in [2.05, 4.69) is 5.32 Å². The lowest BCUT2D eigenvalue weighted by atomic mass is 10.0. The van der Waals surface area contributed by atoms with E-state index in [-0.39, 0.29) is 6.42 Å². The molecule has 0 aromatic heterocycles. The number of hydrogen-bond acceptors (Lipinski definition) is 2. The van der Waals surface area contributed by atoms with Crippen molar-refractivity contribution in [3.63, 3.8) is 0 Å². The Kier molecular flexibility index (Phi) is 3.30. The molecule has 0 saturated heterocycles. The van der Waals surface area contributed by atoms with Crippen LogP contribution >= 0.6 is 0 Å². The van der Waals surface area contributed by atoms with Gasteiger partial charge in [-0.1, -0.05) is 0 Å². The van der Waals surface area contributed by atoms with Gasteiger partial charge in [0.05, 0.1) is 0 Å². The molecule has 2 amide bonds. The molecule has 0 atom stereocenters. The fourth-order valence-electron chi connectivity index (χ4n) is 0.823. The van der Waals surface area contributed by atoms with Crippen molar-refractivity contribution >= 4 is 11.8 Å². The molecule has 4 heteroatoms. The molecule has 0 unspecified atom stereocenters. The van der Waals surface area contributed by atoms with Crippen LogP contribution in [0.5, 0.6) is 0 Å². The van der Waals surface area contributed by atoms with Gasteiger partial charge in [0.15, 0.2) is 0 Å². The Morgan fingerprint density at radius 2 is 2.08 bits per heavy atom. The van der Waals surface area contributed by atoms with Gasteiger partial charge in [0.25, 0.3) is 5.91 Å². The van der Waals surface area contributed by atoms with E-state index >= 15 is 0 Å². The van der Waals surface area contributed by atoms with Crippen molar-refractivity contribution in [2.24, 2.45) is 5.73 Å². The van der Waals surface area contributed by atoms with Crippen molar-refractivity contribution in [1.82, 2.24) is 5.32 Å². The van der Waals surface area contributed by atoms with Gasteiger partial charge in [-0.2, -0.15) is 0 Å². The normalized spacial score (nSPS) is 10.1. The number of amides is 2. The molecule has 4 nitrogen and oxygen atoms in total. The van der Waals surface area contributed by atoms with Crippen LogP contribution in [0.1, 0.15) is 20.3 Å². The lowest BCUT2D eigenvalue weighted by Crippen LogP contribution is -2.45. The first-order valence-corrected chi connectivity index (χ1v) is 3.44. The van der Waals surface area contributed by atoms with Crippen molar-refractivity contribution < 1.29 is 9.59 Å². The van der Waals surface area contributed by atoms with Crippen LogP contribution in [-0.4, -0.2) is 17.4 Å². The zero-order chi connectivity index (χ0) is 9.78. The first-order valence-electron chi connectivity index (χ1n) is 3.44. The average Bonchev–Trinajstić information content (AvgIpc) is 1.83. The number of nitrogens with one attached hydrogen (secondary N) is 1. The zero-order valence-corrected chi connectivity index (χ0v) is 7.18. The highest BCUT2D eigenvalue weighted by molar-refractivity contribution is 5.93. The summed E-state index contributed by atoms with van der Waals surface area (Å²) in [6.45, 7) is 3.35. The number of hydrogen-bond donors (Lipinski definition) is 2.